The molecule has 1 rings (SSSR count). The molecule has 0 spiro atoms. The van der Waals surface area contributed by atoms with Gasteiger partial charge >= 0.3 is 0 Å². The van der Waals surface area contributed by atoms with Crippen LogP contribution in [0.1, 0.15) is 65.2 Å². The highest BCUT2D eigenvalue weighted by Crippen LogP contribution is 2.22. The van der Waals surface area contributed by atoms with Gasteiger partial charge in [0.1, 0.15) is 0 Å². The third-order valence-corrected chi connectivity index (χ3v) is 3.87. The fraction of sp³-hybridized carbons (Fsp3) is 1.00. The third kappa shape index (κ3) is 4.42. The maximum Gasteiger partial charge on any atom is 0.0695 e. The van der Waals surface area contributed by atoms with Crippen LogP contribution in [0.2, 0.25) is 0 Å². The summed E-state index contributed by atoms with van der Waals surface area (Å²) in [4.78, 5) is 2.50. The number of likely N-dealkylation sites (N-methyl/N-ethyl adjacent to an activating group) is 1. The summed E-state index contributed by atoms with van der Waals surface area (Å²) in [6.07, 6.45) is 9.80. The molecular formula is C14H29NO. The molecule has 1 aliphatic carbocycles. The van der Waals surface area contributed by atoms with Gasteiger partial charge in [-0.25, -0.2) is 0 Å². The van der Waals surface area contributed by atoms with E-state index >= 15 is 0 Å². The van der Waals surface area contributed by atoms with Gasteiger partial charge in [0.2, 0.25) is 0 Å². The first kappa shape index (κ1) is 14.0. The molecule has 0 saturated heterocycles. The second kappa shape index (κ2) is 8.08. The summed E-state index contributed by atoms with van der Waals surface area (Å²) in [6, 6.07) is 0.428. The number of nitrogens with zero attached hydrogens (tertiary/aromatic N) is 1. The zero-order valence-electron chi connectivity index (χ0n) is 11.1. The van der Waals surface area contributed by atoms with E-state index in [2.05, 4.69) is 18.7 Å². The summed E-state index contributed by atoms with van der Waals surface area (Å²) in [5.41, 5.74) is 0. The second-order valence-electron chi connectivity index (χ2n) is 5.11. The van der Waals surface area contributed by atoms with E-state index in [9.17, 15) is 5.11 Å². The van der Waals surface area contributed by atoms with Gasteiger partial charge in [0.25, 0.3) is 0 Å². The smallest absolute Gasteiger partial charge is 0.0695 e. The molecule has 1 aliphatic rings. The van der Waals surface area contributed by atoms with Gasteiger partial charge in [0.15, 0.2) is 0 Å². The van der Waals surface area contributed by atoms with E-state index in [1.165, 1.54) is 44.9 Å². The van der Waals surface area contributed by atoms with Crippen LogP contribution in [-0.4, -0.2) is 35.2 Å². The van der Waals surface area contributed by atoms with Crippen molar-refractivity contribution in [3.8, 4) is 0 Å². The Balaban J connectivity index is 2.48. The van der Waals surface area contributed by atoms with Gasteiger partial charge in [-0.15, -0.1) is 0 Å². The van der Waals surface area contributed by atoms with Crippen LogP contribution < -0.4 is 0 Å². The van der Waals surface area contributed by atoms with Crippen LogP contribution in [0.3, 0.4) is 0 Å². The lowest BCUT2D eigenvalue weighted by Crippen LogP contribution is -2.44. The van der Waals surface area contributed by atoms with Crippen molar-refractivity contribution in [1.29, 1.82) is 0 Å². The third-order valence-electron chi connectivity index (χ3n) is 3.87. The van der Waals surface area contributed by atoms with Crippen LogP contribution in [0.15, 0.2) is 0 Å². The summed E-state index contributed by atoms with van der Waals surface area (Å²) in [6.45, 7) is 6.71. The molecule has 1 saturated carbocycles. The number of aliphatic hydroxyl groups is 1. The zero-order chi connectivity index (χ0) is 11.8. The van der Waals surface area contributed by atoms with Gasteiger partial charge in [-0.05, 0) is 32.4 Å². The van der Waals surface area contributed by atoms with Gasteiger partial charge in [0, 0.05) is 6.04 Å². The highest BCUT2D eigenvalue weighted by molar-refractivity contribution is 4.80. The van der Waals surface area contributed by atoms with Gasteiger partial charge < -0.3 is 5.11 Å². The van der Waals surface area contributed by atoms with Crippen molar-refractivity contribution in [2.24, 2.45) is 0 Å². The van der Waals surface area contributed by atoms with Crippen LogP contribution in [0.25, 0.3) is 0 Å². The summed E-state index contributed by atoms with van der Waals surface area (Å²) in [5, 5.41) is 10.2. The molecule has 1 fully saturated rings. The maximum atomic E-state index is 10.2. The first-order valence-corrected chi connectivity index (χ1v) is 7.21. The SMILES string of the molecule is CCCCN(CC)C1CCCCCCC1O. The van der Waals surface area contributed by atoms with Crippen molar-refractivity contribution >= 4 is 0 Å². The first-order chi connectivity index (χ1) is 7.79. The van der Waals surface area contributed by atoms with E-state index in [0.29, 0.717) is 6.04 Å². The van der Waals surface area contributed by atoms with E-state index < -0.39 is 0 Å². The van der Waals surface area contributed by atoms with Gasteiger partial charge in [0.05, 0.1) is 6.10 Å². The highest BCUT2D eigenvalue weighted by atomic mass is 16.3. The number of rotatable bonds is 5. The summed E-state index contributed by atoms with van der Waals surface area (Å²) in [7, 11) is 0. The molecule has 96 valence electrons. The molecule has 0 heterocycles. The molecule has 0 aromatic carbocycles. The number of unbranched alkanes of at least 4 members (excludes halogenated alkanes) is 1. The van der Waals surface area contributed by atoms with E-state index in [4.69, 9.17) is 0 Å². The lowest BCUT2D eigenvalue weighted by molar-refractivity contribution is 0.0330. The Bertz CT molecular complexity index is 172. The average molecular weight is 227 g/mol. The van der Waals surface area contributed by atoms with Crippen LogP contribution in [0.4, 0.5) is 0 Å². The van der Waals surface area contributed by atoms with Gasteiger partial charge in [-0.3, -0.25) is 4.90 Å². The monoisotopic (exact) mass is 227 g/mol. The summed E-state index contributed by atoms with van der Waals surface area (Å²) in [5.74, 6) is 0. The molecule has 1 N–H and O–H groups in total. The molecule has 0 radical (unpaired) electrons. The van der Waals surface area contributed by atoms with Crippen molar-refractivity contribution in [3.05, 3.63) is 0 Å². The molecular weight excluding hydrogens is 198 g/mol. The van der Waals surface area contributed by atoms with Crippen LogP contribution in [0.5, 0.6) is 0 Å². The van der Waals surface area contributed by atoms with Crippen molar-refractivity contribution in [3.63, 3.8) is 0 Å². The Labute approximate surface area is 101 Å². The zero-order valence-corrected chi connectivity index (χ0v) is 11.1. The predicted molar refractivity (Wildman–Crippen MR) is 69.7 cm³/mol. The second-order valence-corrected chi connectivity index (χ2v) is 5.11. The Morgan fingerprint density at radius 1 is 1.06 bits per heavy atom. The minimum atomic E-state index is -0.0860. The summed E-state index contributed by atoms with van der Waals surface area (Å²) >= 11 is 0. The molecule has 2 nitrogen and oxygen atoms in total. The minimum absolute atomic E-state index is 0.0860. The molecule has 2 unspecified atom stereocenters. The maximum absolute atomic E-state index is 10.2. The molecule has 0 aromatic rings. The quantitative estimate of drug-likeness (QED) is 0.779. The lowest BCUT2D eigenvalue weighted by atomic mass is 9.93. The Kier molecular flexibility index (Phi) is 7.06. The van der Waals surface area contributed by atoms with Crippen LogP contribution in [0, 0.1) is 0 Å². The normalized spacial score (nSPS) is 27.8. The van der Waals surface area contributed by atoms with Gasteiger partial charge in [-0.2, -0.15) is 0 Å². The molecule has 2 heteroatoms. The molecule has 0 amide bonds. The molecule has 2 atom stereocenters. The highest BCUT2D eigenvalue weighted by Gasteiger charge is 2.25. The van der Waals surface area contributed by atoms with Crippen molar-refractivity contribution in [1.82, 2.24) is 4.90 Å². The summed E-state index contributed by atoms with van der Waals surface area (Å²) < 4.78 is 0. The molecule has 0 bridgehead atoms. The molecule has 16 heavy (non-hydrogen) atoms. The Morgan fingerprint density at radius 3 is 2.38 bits per heavy atom. The number of aliphatic hydroxyl groups excluding tert-OH is 1. The van der Waals surface area contributed by atoms with E-state index in [1.54, 1.807) is 0 Å². The van der Waals surface area contributed by atoms with E-state index in [-0.39, 0.29) is 6.10 Å². The minimum Gasteiger partial charge on any atom is -0.391 e. The number of hydrogen-bond acceptors (Lipinski definition) is 2. The lowest BCUT2D eigenvalue weighted by Gasteiger charge is -2.35. The topological polar surface area (TPSA) is 23.5 Å². The van der Waals surface area contributed by atoms with Crippen LogP contribution >= 0.6 is 0 Å². The first-order valence-electron chi connectivity index (χ1n) is 7.21. The Hall–Kier alpha value is -0.0800. The standard InChI is InChI=1S/C14H29NO/c1-3-5-12-15(4-2)13-10-8-6-7-9-11-14(13)16/h13-14,16H,3-12H2,1-2H3. The van der Waals surface area contributed by atoms with E-state index in [0.717, 1.165) is 19.5 Å². The molecule has 0 aliphatic heterocycles. The predicted octanol–water partition coefficient (Wildman–Crippen LogP) is 3.19. The number of hydrogen-bond donors (Lipinski definition) is 1. The van der Waals surface area contributed by atoms with Crippen LogP contribution in [-0.2, 0) is 0 Å². The Morgan fingerprint density at radius 2 is 1.75 bits per heavy atom. The fourth-order valence-corrected chi connectivity index (χ4v) is 2.79. The van der Waals surface area contributed by atoms with Crippen molar-refractivity contribution in [2.45, 2.75) is 77.4 Å². The fourth-order valence-electron chi connectivity index (χ4n) is 2.79. The molecule has 0 aromatic heterocycles. The van der Waals surface area contributed by atoms with E-state index in [1.807, 2.05) is 0 Å². The largest absolute Gasteiger partial charge is 0.391 e. The van der Waals surface area contributed by atoms with Crippen molar-refractivity contribution in [2.75, 3.05) is 13.1 Å². The van der Waals surface area contributed by atoms with Crippen molar-refractivity contribution < 1.29 is 5.11 Å². The average Bonchev–Trinajstić information content (AvgIpc) is 2.28. The van der Waals surface area contributed by atoms with Gasteiger partial charge in [-0.1, -0.05) is 46.0 Å².